The van der Waals surface area contributed by atoms with E-state index in [1.54, 1.807) is 18.4 Å². The monoisotopic (exact) mass is 290 g/mol. The number of halogens is 1. The zero-order chi connectivity index (χ0) is 15.4. The van der Waals surface area contributed by atoms with Crippen LogP contribution in [0.15, 0.2) is 41.0 Å². The van der Waals surface area contributed by atoms with Crippen LogP contribution >= 0.6 is 0 Å². The molecule has 0 amide bonds. The molecule has 1 aromatic heterocycles. The minimum atomic E-state index is -0.228. The first-order valence-electron chi connectivity index (χ1n) is 7.27. The van der Waals surface area contributed by atoms with Crippen molar-refractivity contribution in [3.8, 4) is 0 Å². The topological polar surface area (TPSA) is 42.4 Å². The highest BCUT2D eigenvalue weighted by Gasteiger charge is 2.24. The highest BCUT2D eigenvalue weighted by molar-refractivity contribution is 5.23. The summed E-state index contributed by atoms with van der Waals surface area (Å²) in [5.74, 6) is 0.679. The Bertz CT molecular complexity index is 582. The minimum Gasteiger partial charge on any atom is -0.469 e. The number of rotatable bonds is 6. The Kier molecular flexibility index (Phi) is 5.15. The first kappa shape index (κ1) is 15.7. The zero-order valence-electron chi connectivity index (χ0n) is 12.8. The Hall–Kier alpha value is -1.65. The lowest BCUT2D eigenvalue weighted by molar-refractivity contribution is 0.200. The third-order valence-electron chi connectivity index (χ3n) is 3.93. The van der Waals surface area contributed by atoms with Crippen molar-refractivity contribution < 1.29 is 8.81 Å². The molecule has 0 radical (unpaired) electrons. The summed E-state index contributed by atoms with van der Waals surface area (Å²) in [4.78, 5) is 2.15. The van der Waals surface area contributed by atoms with Crippen molar-refractivity contribution >= 4 is 0 Å². The van der Waals surface area contributed by atoms with Crippen LogP contribution in [0.4, 0.5) is 4.39 Å². The van der Waals surface area contributed by atoms with Gasteiger partial charge in [0.15, 0.2) is 0 Å². The maximum absolute atomic E-state index is 13.5. The molecule has 1 heterocycles. The molecule has 2 unspecified atom stereocenters. The summed E-state index contributed by atoms with van der Waals surface area (Å²) in [5, 5.41) is 0. The van der Waals surface area contributed by atoms with Gasteiger partial charge in [-0.05, 0) is 44.2 Å². The zero-order valence-corrected chi connectivity index (χ0v) is 12.8. The fraction of sp³-hybridized carbons (Fsp3) is 0.412. The Morgan fingerprint density at radius 1 is 1.33 bits per heavy atom. The number of benzene rings is 1. The summed E-state index contributed by atoms with van der Waals surface area (Å²) < 4.78 is 18.9. The second kappa shape index (κ2) is 6.87. The fourth-order valence-electron chi connectivity index (χ4n) is 2.68. The van der Waals surface area contributed by atoms with Crippen LogP contribution in [-0.4, -0.2) is 18.0 Å². The molecule has 2 N–H and O–H groups in total. The van der Waals surface area contributed by atoms with Gasteiger partial charge in [0.25, 0.3) is 0 Å². The molecule has 2 atom stereocenters. The largest absolute Gasteiger partial charge is 0.469 e. The number of furan rings is 1. The Labute approximate surface area is 125 Å². The van der Waals surface area contributed by atoms with E-state index in [9.17, 15) is 4.39 Å². The molecule has 2 rings (SSSR count). The Morgan fingerprint density at radius 3 is 2.67 bits per heavy atom. The number of hydrogen-bond donors (Lipinski definition) is 1. The quantitative estimate of drug-likeness (QED) is 0.883. The van der Waals surface area contributed by atoms with Crippen molar-refractivity contribution in [2.45, 2.75) is 38.9 Å². The van der Waals surface area contributed by atoms with Gasteiger partial charge in [-0.3, -0.25) is 4.90 Å². The van der Waals surface area contributed by atoms with Crippen LogP contribution in [0.25, 0.3) is 0 Å². The van der Waals surface area contributed by atoms with E-state index < -0.39 is 0 Å². The molecule has 0 aliphatic heterocycles. The maximum atomic E-state index is 13.5. The fourth-order valence-corrected chi connectivity index (χ4v) is 2.68. The summed E-state index contributed by atoms with van der Waals surface area (Å²) in [6.07, 6.45) is 2.52. The Balaban J connectivity index is 2.25. The number of nitrogens with zero attached hydrogens (tertiary/aromatic N) is 1. The second-order valence-corrected chi connectivity index (χ2v) is 5.49. The van der Waals surface area contributed by atoms with Crippen LogP contribution in [0.3, 0.4) is 0 Å². The molecule has 114 valence electrons. The predicted octanol–water partition coefficient (Wildman–Crippen LogP) is 3.64. The third-order valence-corrected chi connectivity index (χ3v) is 3.93. The van der Waals surface area contributed by atoms with Crippen molar-refractivity contribution in [3.05, 3.63) is 59.3 Å². The van der Waals surface area contributed by atoms with E-state index in [0.717, 1.165) is 29.9 Å². The average Bonchev–Trinajstić information content (AvgIpc) is 2.84. The van der Waals surface area contributed by atoms with Gasteiger partial charge in [0.1, 0.15) is 11.6 Å². The molecular weight excluding hydrogens is 267 g/mol. The molecule has 4 heteroatoms. The predicted molar refractivity (Wildman–Crippen MR) is 82.3 cm³/mol. The molecule has 2 aromatic rings. The first-order valence-corrected chi connectivity index (χ1v) is 7.27. The summed E-state index contributed by atoms with van der Waals surface area (Å²) in [6.45, 7) is 4.71. The Morgan fingerprint density at radius 2 is 2.10 bits per heavy atom. The average molecular weight is 290 g/mol. The smallest absolute Gasteiger partial charge is 0.123 e. The van der Waals surface area contributed by atoms with Gasteiger partial charge in [-0.25, -0.2) is 4.39 Å². The van der Waals surface area contributed by atoms with Gasteiger partial charge in [0.2, 0.25) is 0 Å². The summed E-state index contributed by atoms with van der Waals surface area (Å²) in [5.41, 5.74) is 8.32. The molecule has 0 aliphatic rings. The highest BCUT2D eigenvalue weighted by Crippen LogP contribution is 2.26. The molecule has 0 bridgehead atoms. The first-order chi connectivity index (χ1) is 10.0. The molecule has 3 nitrogen and oxygen atoms in total. The van der Waals surface area contributed by atoms with Gasteiger partial charge in [0.05, 0.1) is 12.3 Å². The number of nitrogens with two attached hydrogens (primary N) is 1. The van der Waals surface area contributed by atoms with E-state index in [1.807, 2.05) is 33.0 Å². The lowest BCUT2D eigenvalue weighted by Gasteiger charge is -2.32. The summed E-state index contributed by atoms with van der Waals surface area (Å²) in [6, 6.07) is 8.58. The van der Waals surface area contributed by atoms with Crippen LogP contribution < -0.4 is 5.73 Å². The molecule has 0 saturated heterocycles. The number of aryl methyl sites for hydroxylation is 1. The van der Waals surface area contributed by atoms with Crippen LogP contribution in [0.5, 0.6) is 0 Å². The van der Waals surface area contributed by atoms with Crippen molar-refractivity contribution in [3.63, 3.8) is 0 Å². The molecule has 0 saturated carbocycles. The molecular formula is C17H23FN2O. The van der Waals surface area contributed by atoms with Gasteiger partial charge >= 0.3 is 0 Å². The van der Waals surface area contributed by atoms with Gasteiger partial charge in [0, 0.05) is 18.2 Å². The van der Waals surface area contributed by atoms with E-state index >= 15 is 0 Å². The lowest BCUT2D eigenvalue weighted by atomic mass is 9.96. The minimum absolute atomic E-state index is 0.0278. The molecule has 21 heavy (non-hydrogen) atoms. The van der Waals surface area contributed by atoms with Crippen LogP contribution in [-0.2, 0) is 6.54 Å². The number of likely N-dealkylation sites (N-methyl/N-ethyl adjacent to an activating group) is 1. The molecule has 0 spiro atoms. The normalized spacial score (nSPS) is 14.4. The van der Waals surface area contributed by atoms with Gasteiger partial charge in [-0.15, -0.1) is 0 Å². The molecule has 1 aromatic carbocycles. The van der Waals surface area contributed by atoms with E-state index in [1.165, 1.54) is 6.07 Å². The molecule has 0 fully saturated rings. The third kappa shape index (κ3) is 3.71. The number of hydrogen-bond acceptors (Lipinski definition) is 3. The van der Waals surface area contributed by atoms with Crippen LogP contribution in [0.1, 0.15) is 36.3 Å². The summed E-state index contributed by atoms with van der Waals surface area (Å²) in [7, 11) is 2.01. The highest BCUT2D eigenvalue weighted by atomic mass is 19.1. The van der Waals surface area contributed by atoms with E-state index in [2.05, 4.69) is 4.90 Å². The van der Waals surface area contributed by atoms with Gasteiger partial charge in [-0.2, -0.15) is 0 Å². The SMILES string of the molecule is CCC(N)C(c1cccc(F)c1)N(C)Cc1ccoc1C. The van der Waals surface area contributed by atoms with Crippen LogP contribution in [0, 0.1) is 12.7 Å². The van der Waals surface area contributed by atoms with E-state index in [-0.39, 0.29) is 17.9 Å². The van der Waals surface area contributed by atoms with Crippen molar-refractivity contribution in [1.82, 2.24) is 4.90 Å². The maximum Gasteiger partial charge on any atom is 0.123 e. The lowest BCUT2D eigenvalue weighted by Crippen LogP contribution is -2.38. The van der Waals surface area contributed by atoms with Crippen molar-refractivity contribution in [2.24, 2.45) is 5.73 Å². The van der Waals surface area contributed by atoms with Crippen LogP contribution in [0.2, 0.25) is 0 Å². The van der Waals surface area contributed by atoms with Crippen molar-refractivity contribution in [1.29, 1.82) is 0 Å². The summed E-state index contributed by atoms with van der Waals surface area (Å²) >= 11 is 0. The van der Waals surface area contributed by atoms with E-state index in [0.29, 0.717) is 0 Å². The second-order valence-electron chi connectivity index (χ2n) is 5.49. The van der Waals surface area contributed by atoms with Crippen molar-refractivity contribution in [2.75, 3.05) is 7.05 Å². The molecule has 0 aliphatic carbocycles. The van der Waals surface area contributed by atoms with E-state index in [4.69, 9.17) is 10.2 Å². The van der Waals surface area contributed by atoms with Gasteiger partial charge in [-0.1, -0.05) is 19.1 Å². The standard InChI is InChI=1S/C17H23FN2O/c1-4-16(19)17(13-6-5-7-15(18)10-13)20(3)11-14-8-9-21-12(14)2/h5-10,16-17H,4,11,19H2,1-3H3. The van der Waals surface area contributed by atoms with Gasteiger partial charge < -0.3 is 10.2 Å².